The van der Waals surface area contributed by atoms with Gasteiger partial charge in [-0.05, 0) is 12.8 Å². The van der Waals surface area contributed by atoms with Crippen molar-refractivity contribution in [2.45, 2.75) is 58.0 Å². The number of terminal acetylenes is 1. The average Bonchev–Trinajstić information content (AvgIpc) is 2.43. The van der Waals surface area contributed by atoms with Crippen LogP contribution in [-0.4, -0.2) is 24.8 Å². The molecule has 0 N–H and O–H groups in total. The van der Waals surface area contributed by atoms with Gasteiger partial charge in [0.25, 0.3) is 5.97 Å². The van der Waals surface area contributed by atoms with Crippen molar-refractivity contribution in [3.63, 3.8) is 0 Å². The first kappa shape index (κ1) is 15.3. The van der Waals surface area contributed by atoms with Gasteiger partial charge in [-0.2, -0.15) is 5.26 Å². The zero-order chi connectivity index (χ0) is 14.9. The van der Waals surface area contributed by atoms with Crippen molar-refractivity contribution in [2.24, 2.45) is 11.3 Å². The van der Waals surface area contributed by atoms with E-state index < -0.39 is 11.6 Å². The standard InChI is InChI=1S/C16H23NO3/c1-5-6-7-8-9-16-18-10-13(11-19-16)15(12-17,20-16)14(2,3)4/h1,13H,6-11H2,2-4H3. The van der Waals surface area contributed by atoms with Crippen LogP contribution < -0.4 is 0 Å². The fourth-order valence-corrected chi connectivity index (χ4v) is 2.98. The monoisotopic (exact) mass is 277 g/mol. The minimum absolute atomic E-state index is 0.0416. The Hall–Kier alpha value is -1.07. The molecule has 0 radical (unpaired) electrons. The minimum atomic E-state index is -1.06. The first-order valence-electron chi connectivity index (χ1n) is 7.22. The molecule has 3 saturated heterocycles. The molecule has 0 spiro atoms. The smallest absolute Gasteiger partial charge is 0.284 e. The van der Waals surface area contributed by atoms with E-state index >= 15 is 0 Å². The van der Waals surface area contributed by atoms with Gasteiger partial charge in [0.05, 0.1) is 19.3 Å². The van der Waals surface area contributed by atoms with E-state index in [1.165, 1.54) is 0 Å². The topological polar surface area (TPSA) is 51.5 Å². The van der Waals surface area contributed by atoms with Gasteiger partial charge in [0.1, 0.15) is 0 Å². The van der Waals surface area contributed by atoms with Gasteiger partial charge in [-0.15, -0.1) is 12.3 Å². The van der Waals surface area contributed by atoms with Crippen LogP contribution in [0.1, 0.15) is 46.5 Å². The first-order chi connectivity index (χ1) is 9.39. The van der Waals surface area contributed by atoms with Crippen molar-refractivity contribution in [3.05, 3.63) is 0 Å². The molecular weight excluding hydrogens is 254 g/mol. The lowest BCUT2D eigenvalue weighted by Crippen LogP contribution is -2.68. The van der Waals surface area contributed by atoms with E-state index in [0.717, 1.165) is 19.3 Å². The third kappa shape index (κ3) is 2.44. The van der Waals surface area contributed by atoms with Crippen LogP contribution >= 0.6 is 0 Å². The Morgan fingerprint density at radius 2 is 1.90 bits per heavy atom. The summed E-state index contributed by atoms with van der Waals surface area (Å²) >= 11 is 0. The number of nitriles is 1. The lowest BCUT2D eigenvalue weighted by Gasteiger charge is -2.57. The van der Waals surface area contributed by atoms with E-state index in [9.17, 15) is 5.26 Å². The lowest BCUT2D eigenvalue weighted by molar-refractivity contribution is -0.494. The molecule has 1 atom stereocenters. The summed E-state index contributed by atoms with van der Waals surface area (Å²) in [6, 6.07) is 2.40. The summed E-state index contributed by atoms with van der Waals surface area (Å²) in [5.74, 6) is 1.52. The Kier molecular flexibility index (Phi) is 4.12. The summed E-state index contributed by atoms with van der Waals surface area (Å²) < 4.78 is 17.6. The Morgan fingerprint density at radius 3 is 2.40 bits per heavy atom. The van der Waals surface area contributed by atoms with Crippen molar-refractivity contribution < 1.29 is 14.2 Å². The van der Waals surface area contributed by atoms with E-state index in [1.807, 2.05) is 20.8 Å². The van der Waals surface area contributed by atoms with Crippen LogP contribution in [0.15, 0.2) is 0 Å². The van der Waals surface area contributed by atoms with E-state index in [1.54, 1.807) is 0 Å². The van der Waals surface area contributed by atoms with E-state index in [-0.39, 0.29) is 11.3 Å². The fourth-order valence-electron chi connectivity index (χ4n) is 2.98. The highest BCUT2D eigenvalue weighted by Gasteiger charge is 2.62. The molecule has 20 heavy (non-hydrogen) atoms. The molecule has 110 valence electrons. The fraction of sp³-hybridized carbons (Fsp3) is 0.812. The SMILES string of the molecule is C#CCCCCC12OCC(CO1)C(C#N)(C(C)(C)C)O2. The number of ether oxygens (including phenoxy) is 3. The largest absolute Gasteiger partial charge is 0.327 e. The highest BCUT2D eigenvalue weighted by atomic mass is 16.9. The summed E-state index contributed by atoms with van der Waals surface area (Å²) in [5, 5.41) is 9.71. The predicted molar refractivity (Wildman–Crippen MR) is 74.3 cm³/mol. The number of rotatable bonds is 4. The number of hydrogen-bond acceptors (Lipinski definition) is 4. The van der Waals surface area contributed by atoms with Gasteiger partial charge in [-0.25, -0.2) is 0 Å². The van der Waals surface area contributed by atoms with Crippen molar-refractivity contribution in [2.75, 3.05) is 13.2 Å². The van der Waals surface area contributed by atoms with Crippen LogP contribution in [0.2, 0.25) is 0 Å². The number of hydrogen-bond donors (Lipinski definition) is 0. The molecule has 1 unspecified atom stereocenters. The summed E-state index contributed by atoms with van der Waals surface area (Å²) in [5.41, 5.74) is -1.14. The third-order valence-corrected chi connectivity index (χ3v) is 4.23. The lowest BCUT2D eigenvalue weighted by atomic mass is 9.68. The van der Waals surface area contributed by atoms with Gasteiger partial charge < -0.3 is 14.2 Å². The van der Waals surface area contributed by atoms with Crippen LogP contribution in [0, 0.1) is 35.0 Å². The van der Waals surface area contributed by atoms with Gasteiger partial charge in [-0.3, -0.25) is 0 Å². The Labute approximate surface area is 121 Å². The summed E-state index contributed by atoms with van der Waals surface area (Å²) in [6.07, 6.45) is 8.38. The maximum absolute atomic E-state index is 9.71. The molecule has 4 heteroatoms. The van der Waals surface area contributed by atoms with Crippen LogP contribution in [0.5, 0.6) is 0 Å². The normalized spacial score (nSPS) is 36.4. The molecule has 0 aromatic carbocycles. The zero-order valence-electron chi connectivity index (χ0n) is 12.6. The van der Waals surface area contributed by atoms with Crippen LogP contribution in [0.4, 0.5) is 0 Å². The van der Waals surface area contributed by atoms with Gasteiger partial charge in [-0.1, -0.05) is 20.8 Å². The molecule has 3 aliphatic rings. The maximum Gasteiger partial charge on any atom is 0.284 e. The Balaban J connectivity index is 2.13. The molecule has 3 aliphatic heterocycles. The molecule has 0 aliphatic carbocycles. The molecule has 4 nitrogen and oxygen atoms in total. The molecular formula is C16H23NO3. The van der Waals surface area contributed by atoms with E-state index in [0.29, 0.717) is 19.6 Å². The van der Waals surface area contributed by atoms with Gasteiger partial charge in [0.2, 0.25) is 0 Å². The van der Waals surface area contributed by atoms with E-state index in [2.05, 4.69) is 12.0 Å². The maximum atomic E-state index is 9.71. The second-order valence-electron chi connectivity index (χ2n) is 6.61. The Morgan fingerprint density at radius 1 is 1.25 bits per heavy atom. The summed E-state index contributed by atoms with van der Waals surface area (Å²) in [6.45, 7) is 7.12. The molecule has 0 aromatic rings. The predicted octanol–water partition coefficient (Wildman–Crippen LogP) is 2.84. The quantitative estimate of drug-likeness (QED) is 0.585. The van der Waals surface area contributed by atoms with Crippen LogP contribution in [0.3, 0.4) is 0 Å². The van der Waals surface area contributed by atoms with Crippen LogP contribution in [-0.2, 0) is 14.2 Å². The second-order valence-corrected chi connectivity index (χ2v) is 6.61. The molecule has 3 heterocycles. The van der Waals surface area contributed by atoms with Crippen molar-refractivity contribution in [3.8, 4) is 18.4 Å². The van der Waals surface area contributed by atoms with Crippen molar-refractivity contribution in [1.29, 1.82) is 5.26 Å². The highest BCUT2D eigenvalue weighted by molar-refractivity contribution is 5.16. The van der Waals surface area contributed by atoms with Gasteiger partial charge in [0.15, 0.2) is 5.60 Å². The third-order valence-electron chi connectivity index (χ3n) is 4.23. The van der Waals surface area contributed by atoms with Gasteiger partial charge >= 0.3 is 0 Å². The minimum Gasteiger partial charge on any atom is -0.327 e. The van der Waals surface area contributed by atoms with E-state index in [4.69, 9.17) is 20.6 Å². The number of fused-ring (bicyclic) bond motifs is 3. The van der Waals surface area contributed by atoms with Gasteiger partial charge in [0, 0.05) is 24.2 Å². The molecule has 0 amide bonds. The first-order valence-corrected chi connectivity index (χ1v) is 7.22. The highest BCUT2D eigenvalue weighted by Crippen LogP contribution is 2.51. The summed E-state index contributed by atoms with van der Waals surface area (Å²) in [4.78, 5) is 0. The number of unbranched alkanes of at least 4 members (excludes halogenated alkanes) is 2. The second kappa shape index (κ2) is 5.37. The number of nitrogens with zero attached hydrogens (tertiary/aromatic N) is 1. The summed E-state index contributed by atoms with van der Waals surface area (Å²) in [7, 11) is 0. The van der Waals surface area contributed by atoms with Crippen molar-refractivity contribution >= 4 is 0 Å². The molecule has 0 aromatic heterocycles. The average molecular weight is 277 g/mol. The zero-order valence-corrected chi connectivity index (χ0v) is 12.6. The molecule has 3 fully saturated rings. The van der Waals surface area contributed by atoms with Crippen LogP contribution in [0.25, 0.3) is 0 Å². The molecule has 3 rings (SSSR count). The molecule has 2 bridgehead atoms. The molecule has 0 saturated carbocycles. The van der Waals surface area contributed by atoms with Crippen molar-refractivity contribution in [1.82, 2.24) is 0 Å². The Bertz CT molecular complexity index is 432.